The highest BCUT2D eigenvalue weighted by atomic mass is 16.5. The SMILES string of the molecule is CCNC(=NCC(c1ccccc1)N1CCCC1)NCC(O)c1cc(OC)cc(OC)c1. The third-order valence-corrected chi connectivity index (χ3v) is 5.75. The van der Waals surface area contributed by atoms with Crippen LogP contribution in [0.4, 0.5) is 0 Å². The summed E-state index contributed by atoms with van der Waals surface area (Å²) < 4.78 is 10.6. The normalized spacial score (nSPS) is 16.4. The van der Waals surface area contributed by atoms with Crippen molar-refractivity contribution in [2.75, 3.05) is 46.9 Å². The van der Waals surface area contributed by atoms with Gasteiger partial charge in [0.2, 0.25) is 0 Å². The monoisotopic (exact) mass is 440 g/mol. The van der Waals surface area contributed by atoms with Crippen molar-refractivity contribution in [2.24, 2.45) is 4.99 Å². The van der Waals surface area contributed by atoms with E-state index in [-0.39, 0.29) is 6.04 Å². The fourth-order valence-corrected chi connectivity index (χ4v) is 4.01. The molecule has 3 rings (SSSR count). The molecule has 32 heavy (non-hydrogen) atoms. The van der Waals surface area contributed by atoms with Crippen LogP contribution in [-0.4, -0.2) is 62.9 Å². The van der Waals surface area contributed by atoms with Crippen molar-refractivity contribution in [1.29, 1.82) is 0 Å². The average molecular weight is 441 g/mol. The van der Waals surface area contributed by atoms with Gasteiger partial charge < -0.3 is 25.2 Å². The highest BCUT2D eigenvalue weighted by Crippen LogP contribution is 2.27. The van der Waals surface area contributed by atoms with E-state index in [1.807, 2.05) is 25.1 Å². The van der Waals surface area contributed by atoms with Gasteiger partial charge in [-0.1, -0.05) is 30.3 Å². The first-order valence-electron chi connectivity index (χ1n) is 11.4. The van der Waals surface area contributed by atoms with Crippen LogP contribution in [0.3, 0.4) is 0 Å². The Morgan fingerprint density at radius 2 is 1.66 bits per heavy atom. The topological polar surface area (TPSA) is 78.4 Å². The third kappa shape index (κ3) is 6.61. The Kier molecular flexibility index (Phi) is 9.19. The Hall–Kier alpha value is -2.77. The van der Waals surface area contributed by atoms with E-state index in [2.05, 4.69) is 39.8 Å². The smallest absolute Gasteiger partial charge is 0.191 e. The summed E-state index contributed by atoms with van der Waals surface area (Å²) in [7, 11) is 3.20. The van der Waals surface area contributed by atoms with E-state index >= 15 is 0 Å². The Labute approximate surface area is 191 Å². The molecule has 7 nitrogen and oxygen atoms in total. The number of hydrogen-bond donors (Lipinski definition) is 3. The summed E-state index contributed by atoms with van der Waals surface area (Å²) >= 11 is 0. The lowest BCUT2D eigenvalue weighted by Gasteiger charge is -2.27. The second-order valence-electron chi connectivity index (χ2n) is 7.93. The fourth-order valence-electron chi connectivity index (χ4n) is 4.01. The maximum Gasteiger partial charge on any atom is 0.191 e. The molecular formula is C25H36N4O3. The summed E-state index contributed by atoms with van der Waals surface area (Å²) in [5.41, 5.74) is 2.02. The number of hydrogen-bond acceptors (Lipinski definition) is 5. The van der Waals surface area contributed by atoms with Crippen molar-refractivity contribution in [1.82, 2.24) is 15.5 Å². The molecule has 1 aliphatic heterocycles. The molecule has 1 saturated heterocycles. The van der Waals surface area contributed by atoms with Gasteiger partial charge in [-0.25, -0.2) is 0 Å². The van der Waals surface area contributed by atoms with Gasteiger partial charge in [-0.15, -0.1) is 0 Å². The van der Waals surface area contributed by atoms with Crippen LogP contribution < -0.4 is 20.1 Å². The predicted molar refractivity (Wildman–Crippen MR) is 128 cm³/mol. The van der Waals surface area contributed by atoms with Crippen LogP contribution in [0.1, 0.15) is 43.0 Å². The first-order chi connectivity index (χ1) is 15.6. The molecule has 0 spiro atoms. The van der Waals surface area contributed by atoms with Gasteiger partial charge in [-0.2, -0.15) is 0 Å². The molecule has 0 aromatic heterocycles. The van der Waals surface area contributed by atoms with Gasteiger partial charge in [0, 0.05) is 19.2 Å². The molecule has 1 aliphatic rings. The van der Waals surface area contributed by atoms with Crippen molar-refractivity contribution in [3.63, 3.8) is 0 Å². The number of likely N-dealkylation sites (tertiary alicyclic amines) is 1. The molecule has 0 aliphatic carbocycles. The van der Waals surface area contributed by atoms with Crippen LogP contribution in [0.5, 0.6) is 11.5 Å². The summed E-state index contributed by atoms with van der Waals surface area (Å²) in [5.74, 6) is 1.99. The fraction of sp³-hybridized carbons (Fsp3) is 0.480. The van der Waals surface area contributed by atoms with E-state index in [4.69, 9.17) is 14.5 Å². The number of benzene rings is 2. The van der Waals surface area contributed by atoms with Crippen LogP contribution in [-0.2, 0) is 0 Å². The first kappa shape index (κ1) is 23.9. The summed E-state index contributed by atoms with van der Waals surface area (Å²) in [5, 5.41) is 17.3. The van der Waals surface area contributed by atoms with Crippen LogP contribution in [0, 0.1) is 0 Å². The molecule has 2 atom stereocenters. The lowest BCUT2D eigenvalue weighted by Crippen LogP contribution is -2.40. The molecule has 0 amide bonds. The minimum atomic E-state index is -0.730. The highest BCUT2D eigenvalue weighted by molar-refractivity contribution is 5.79. The number of rotatable bonds is 10. The molecule has 1 fully saturated rings. The van der Waals surface area contributed by atoms with Gasteiger partial charge in [0.1, 0.15) is 11.5 Å². The molecule has 3 N–H and O–H groups in total. The minimum absolute atomic E-state index is 0.252. The van der Waals surface area contributed by atoms with Crippen molar-refractivity contribution < 1.29 is 14.6 Å². The number of guanidine groups is 1. The van der Waals surface area contributed by atoms with E-state index < -0.39 is 6.10 Å². The van der Waals surface area contributed by atoms with Gasteiger partial charge >= 0.3 is 0 Å². The zero-order chi connectivity index (χ0) is 22.8. The Balaban J connectivity index is 1.68. The van der Waals surface area contributed by atoms with E-state index in [1.165, 1.54) is 18.4 Å². The number of ether oxygens (including phenoxy) is 2. The molecule has 0 bridgehead atoms. The zero-order valence-corrected chi connectivity index (χ0v) is 19.4. The molecule has 2 aromatic rings. The van der Waals surface area contributed by atoms with E-state index in [0.29, 0.717) is 30.5 Å². The number of aliphatic imine (C=N–C) groups is 1. The van der Waals surface area contributed by atoms with Gasteiger partial charge in [0.15, 0.2) is 5.96 Å². The summed E-state index contributed by atoms with van der Waals surface area (Å²) in [6.07, 6.45) is 1.75. The Morgan fingerprint density at radius 1 is 1.00 bits per heavy atom. The first-order valence-corrected chi connectivity index (χ1v) is 11.4. The molecule has 0 radical (unpaired) electrons. The Bertz CT molecular complexity index is 831. The van der Waals surface area contributed by atoms with E-state index in [0.717, 1.165) is 25.2 Å². The quantitative estimate of drug-likeness (QED) is 0.389. The molecule has 7 heteroatoms. The van der Waals surface area contributed by atoms with Gasteiger partial charge in [-0.3, -0.25) is 9.89 Å². The number of nitrogens with zero attached hydrogens (tertiary/aromatic N) is 2. The molecule has 0 saturated carbocycles. The van der Waals surface area contributed by atoms with Crippen molar-refractivity contribution in [2.45, 2.75) is 31.9 Å². The standard InChI is InChI=1S/C25H36N4O3/c1-4-26-25(28-18-24(30)20-14-21(31-2)16-22(15-20)32-3)27-17-23(29-12-8-9-13-29)19-10-6-5-7-11-19/h5-7,10-11,14-16,23-24,30H,4,8-9,12-13,17-18H2,1-3H3,(H2,26,27,28). The van der Waals surface area contributed by atoms with E-state index in [9.17, 15) is 5.11 Å². The maximum atomic E-state index is 10.7. The van der Waals surface area contributed by atoms with Crippen molar-refractivity contribution >= 4 is 5.96 Å². The van der Waals surface area contributed by atoms with Gasteiger partial charge in [-0.05, 0) is 56.1 Å². The Morgan fingerprint density at radius 3 is 2.25 bits per heavy atom. The van der Waals surface area contributed by atoms with Gasteiger partial charge in [0.05, 0.1) is 32.9 Å². The van der Waals surface area contributed by atoms with Crippen molar-refractivity contribution in [3.05, 3.63) is 59.7 Å². The molecular weight excluding hydrogens is 404 g/mol. The largest absolute Gasteiger partial charge is 0.497 e. The number of methoxy groups -OCH3 is 2. The predicted octanol–water partition coefficient (Wildman–Crippen LogP) is 3.13. The second-order valence-corrected chi connectivity index (χ2v) is 7.93. The van der Waals surface area contributed by atoms with Gasteiger partial charge in [0.25, 0.3) is 0 Å². The van der Waals surface area contributed by atoms with Crippen LogP contribution in [0.15, 0.2) is 53.5 Å². The summed E-state index contributed by atoms with van der Waals surface area (Å²) in [4.78, 5) is 7.37. The number of nitrogens with one attached hydrogen (secondary N) is 2. The van der Waals surface area contributed by atoms with Crippen LogP contribution in [0.25, 0.3) is 0 Å². The third-order valence-electron chi connectivity index (χ3n) is 5.75. The molecule has 2 aromatic carbocycles. The van der Waals surface area contributed by atoms with Crippen LogP contribution in [0.2, 0.25) is 0 Å². The molecule has 1 heterocycles. The minimum Gasteiger partial charge on any atom is -0.497 e. The number of aliphatic hydroxyl groups is 1. The van der Waals surface area contributed by atoms with E-state index in [1.54, 1.807) is 20.3 Å². The summed E-state index contributed by atoms with van der Waals surface area (Å²) in [6.45, 7) is 5.97. The molecule has 174 valence electrons. The average Bonchev–Trinajstić information content (AvgIpc) is 3.37. The lowest BCUT2D eigenvalue weighted by atomic mass is 10.1. The summed E-state index contributed by atoms with van der Waals surface area (Å²) in [6, 6.07) is 16.3. The second kappa shape index (κ2) is 12.3. The zero-order valence-electron chi connectivity index (χ0n) is 19.4. The number of aliphatic hydroxyl groups excluding tert-OH is 1. The van der Waals surface area contributed by atoms with Crippen molar-refractivity contribution in [3.8, 4) is 11.5 Å². The maximum absolute atomic E-state index is 10.7. The molecule has 2 unspecified atom stereocenters. The highest BCUT2D eigenvalue weighted by Gasteiger charge is 2.23. The van der Waals surface area contributed by atoms with Crippen LogP contribution >= 0.6 is 0 Å². The lowest BCUT2D eigenvalue weighted by molar-refractivity contribution is 0.180.